The molecule has 78 valence electrons. The number of benzene rings is 2. The molecule has 0 amide bonds. The fourth-order valence-corrected chi connectivity index (χ4v) is 1.69. The monoisotopic (exact) mass is 272 g/mol. The van der Waals surface area contributed by atoms with Gasteiger partial charge < -0.3 is 4.74 Å². The first-order valence-corrected chi connectivity index (χ1v) is 5.58. The van der Waals surface area contributed by atoms with Gasteiger partial charge in [-0.1, -0.05) is 30.2 Å². The number of ether oxygens (including phenoxy) is 1. The van der Waals surface area contributed by atoms with E-state index in [1.54, 1.807) is 0 Å². The number of hydrogen-bond acceptors (Lipinski definition) is 1. The van der Waals surface area contributed by atoms with Gasteiger partial charge >= 0.3 is 0 Å². The number of halogens is 1. The van der Waals surface area contributed by atoms with Crippen LogP contribution in [0.3, 0.4) is 0 Å². The van der Waals surface area contributed by atoms with Crippen molar-refractivity contribution in [2.24, 2.45) is 0 Å². The molecule has 1 nitrogen and oxygen atoms in total. The molecule has 0 fully saturated rings. The summed E-state index contributed by atoms with van der Waals surface area (Å²) in [5, 5.41) is 0. The second kappa shape index (κ2) is 4.87. The minimum absolute atomic E-state index is 0.692. The molecule has 0 saturated heterocycles. The van der Waals surface area contributed by atoms with E-state index in [2.05, 4.69) is 21.9 Å². The second-order valence-electron chi connectivity index (χ2n) is 3.17. The topological polar surface area (TPSA) is 9.23 Å². The van der Waals surface area contributed by atoms with Crippen molar-refractivity contribution in [2.45, 2.75) is 0 Å². The molecule has 2 aromatic carbocycles. The maximum absolute atomic E-state index is 5.74. The second-order valence-corrected chi connectivity index (χ2v) is 4.03. The minimum atomic E-state index is 0.692. The Kier molecular flexibility index (Phi) is 3.28. The van der Waals surface area contributed by atoms with Crippen LogP contribution in [0.4, 0.5) is 0 Å². The van der Waals surface area contributed by atoms with E-state index < -0.39 is 0 Å². The summed E-state index contributed by atoms with van der Waals surface area (Å²) >= 11 is 3.42. The Labute approximate surface area is 103 Å². The highest BCUT2D eigenvalue weighted by atomic mass is 79.9. The zero-order valence-electron chi connectivity index (χ0n) is 8.48. The van der Waals surface area contributed by atoms with Gasteiger partial charge in [-0.15, -0.1) is 6.42 Å². The van der Waals surface area contributed by atoms with Gasteiger partial charge in [0.25, 0.3) is 0 Å². The molecule has 0 saturated carbocycles. The maximum Gasteiger partial charge on any atom is 0.143 e. The van der Waals surface area contributed by atoms with Crippen LogP contribution in [0, 0.1) is 12.3 Å². The molecule has 0 heterocycles. The van der Waals surface area contributed by atoms with Crippen LogP contribution < -0.4 is 4.74 Å². The molecule has 0 N–H and O–H groups in total. The van der Waals surface area contributed by atoms with Crippen molar-refractivity contribution < 1.29 is 4.74 Å². The van der Waals surface area contributed by atoms with Gasteiger partial charge in [0.15, 0.2) is 0 Å². The van der Waals surface area contributed by atoms with Crippen molar-refractivity contribution in [1.82, 2.24) is 0 Å². The third kappa shape index (κ3) is 2.26. The molecule has 2 rings (SSSR count). The highest BCUT2D eigenvalue weighted by Gasteiger charge is 2.04. The normalized spacial score (nSPS) is 9.50. The van der Waals surface area contributed by atoms with E-state index >= 15 is 0 Å². The largest absolute Gasteiger partial charge is 0.455 e. The lowest BCUT2D eigenvalue weighted by atomic mass is 10.2. The summed E-state index contributed by atoms with van der Waals surface area (Å²) < 4.78 is 6.65. The molecular formula is C14H9BrO. The van der Waals surface area contributed by atoms with Crippen LogP contribution >= 0.6 is 15.9 Å². The SMILES string of the molecule is C#Cc1ccccc1Oc1ccccc1Br. The Morgan fingerprint density at radius 2 is 1.56 bits per heavy atom. The first kappa shape index (κ1) is 10.8. The van der Waals surface area contributed by atoms with Crippen LogP contribution in [0.15, 0.2) is 53.0 Å². The molecule has 0 aliphatic rings. The minimum Gasteiger partial charge on any atom is -0.455 e. The van der Waals surface area contributed by atoms with Gasteiger partial charge in [-0.3, -0.25) is 0 Å². The average Bonchev–Trinajstić information content (AvgIpc) is 2.33. The van der Waals surface area contributed by atoms with Gasteiger partial charge in [-0.05, 0) is 40.2 Å². The highest BCUT2D eigenvalue weighted by Crippen LogP contribution is 2.30. The Balaban J connectivity index is 2.35. The van der Waals surface area contributed by atoms with Crippen molar-refractivity contribution in [3.05, 3.63) is 58.6 Å². The molecule has 0 atom stereocenters. The fraction of sp³-hybridized carbons (Fsp3) is 0. The van der Waals surface area contributed by atoms with Gasteiger partial charge in [0.1, 0.15) is 11.5 Å². The molecule has 2 heteroatoms. The van der Waals surface area contributed by atoms with Crippen molar-refractivity contribution in [2.75, 3.05) is 0 Å². The standard InChI is InChI=1S/C14H9BrO/c1-2-11-7-3-5-9-13(11)16-14-10-6-4-8-12(14)15/h1,3-10H. The zero-order chi connectivity index (χ0) is 11.4. The molecule has 0 unspecified atom stereocenters. The van der Waals surface area contributed by atoms with E-state index in [-0.39, 0.29) is 0 Å². The predicted octanol–water partition coefficient (Wildman–Crippen LogP) is 4.22. The zero-order valence-corrected chi connectivity index (χ0v) is 10.1. The molecule has 2 aromatic rings. The number of rotatable bonds is 2. The molecular weight excluding hydrogens is 264 g/mol. The van der Waals surface area contributed by atoms with Crippen LogP contribution in [0.5, 0.6) is 11.5 Å². The lowest BCUT2D eigenvalue weighted by molar-refractivity contribution is 0.478. The average molecular weight is 273 g/mol. The van der Waals surface area contributed by atoms with E-state index in [1.165, 1.54) is 0 Å². The molecule has 0 aromatic heterocycles. The summed E-state index contributed by atoms with van der Waals surface area (Å²) in [6.45, 7) is 0. The molecule has 0 aliphatic carbocycles. The van der Waals surface area contributed by atoms with Crippen molar-refractivity contribution >= 4 is 15.9 Å². The molecule has 0 bridgehead atoms. The highest BCUT2D eigenvalue weighted by molar-refractivity contribution is 9.10. The van der Waals surface area contributed by atoms with Crippen LogP contribution in [-0.4, -0.2) is 0 Å². The Bertz CT molecular complexity index is 540. The molecule has 0 aliphatic heterocycles. The fourth-order valence-electron chi connectivity index (χ4n) is 1.32. The van der Waals surface area contributed by atoms with Crippen LogP contribution in [-0.2, 0) is 0 Å². The summed E-state index contributed by atoms with van der Waals surface area (Å²) in [4.78, 5) is 0. The van der Waals surface area contributed by atoms with Gasteiger partial charge in [-0.2, -0.15) is 0 Å². The van der Waals surface area contributed by atoms with Crippen molar-refractivity contribution in [3.63, 3.8) is 0 Å². The van der Waals surface area contributed by atoms with Gasteiger partial charge in [0, 0.05) is 0 Å². The van der Waals surface area contributed by atoms with E-state index in [9.17, 15) is 0 Å². The number of terminal acetylenes is 1. The van der Waals surface area contributed by atoms with Crippen LogP contribution in [0.25, 0.3) is 0 Å². The van der Waals surface area contributed by atoms with Crippen molar-refractivity contribution in [1.29, 1.82) is 0 Å². The Morgan fingerprint density at radius 1 is 0.938 bits per heavy atom. The smallest absolute Gasteiger partial charge is 0.143 e. The summed E-state index contributed by atoms with van der Waals surface area (Å²) in [7, 11) is 0. The third-order valence-corrected chi connectivity index (χ3v) is 2.75. The van der Waals surface area contributed by atoms with E-state index in [4.69, 9.17) is 11.2 Å². The van der Waals surface area contributed by atoms with Crippen LogP contribution in [0.1, 0.15) is 5.56 Å². The van der Waals surface area contributed by atoms with Gasteiger partial charge in [0.2, 0.25) is 0 Å². The van der Waals surface area contributed by atoms with Gasteiger partial charge in [-0.25, -0.2) is 0 Å². The molecule has 0 radical (unpaired) electrons. The lowest BCUT2D eigenvalue weighted by Crippen LogP contribution is -1.88. The Morgan fingerprint density at radius 3 is 2.25 bits per heavy atom. The van der Waals surface area contributed by atoms with Crippen molar-refractivity contribution in [3.8, 4) is 23.8 Å². The predicted molar refractivity (Wildman–Crippen MR) is 68.6 cm³/mol. The third-order valence-electron chi connectivity index (χ3n) is 2.10. The maximum atomic E-state index is 5.74. The number of hydrogen-bond donors (Lipinski definition) is 0. The summed E-state index contributed by atoms with van der Waals surface area (Å²) in [6, 6.07) is 15.2. The first-order chi connectivity index (χ1) is 7.81. The Hall–Kier alpha value is -1.72. The number of para-hydroxylation sites is 2. The van der Waals surface area contributed by atoms with Gasteiger partial charge in [0.05, 0.1) is 10.0 Å². The van der Waals surface area contributed by atoms with E-state index in [1.807, 2.05) is 48.5 Å². The molecule has 16 heavy (non-hydrogen) atoms. The van der Waals surface area contributed by atoms with Crippen LogP contribution in [0.2, 0.25) is 0 Å². The molecule has 0 spiro atoms. The summed E-state index contributed by atoms with van der Waals surface area (Å²) in [5.41, 5.74) is 0.748. The quantitative estimate of drug-likeness (QED) is 0.744. The summed E-state index contributed by atoms with van der Waals surface area (Å²) in [6.07, 6.45) is 5.40. The van der Waals surface area contributed by atoms with E-state index in [0.717, 1.165) is 15.8 Å². The lowest BCUT2D eigenvalue weighted by Gasteiger charge is -2.08. The van der Waals surface area contributed by atoms with E-state index in [0.29, 0.717) is 5.75 Å². The first-order valence-electron chi connectivity index (χ1n) is 4.79. The summed E-state index contributed by atoms with van der Waals surface area (Å²) in [5.74, 6) is 4.04.